The molecule has 0 aromatic heterocycles. The Morgan fingerprint density at radius 1 is 1.43 bits per heavy atom. The molecular formula is C9H18N2O3. The van der Waals surface area contributed by atoms with Gasteiger partial charge >= 0.3 is 5.97 Å². The Morgan fingerprint density at radius 2 is 2.07 bits per heavy atom. The van der Waals surface area contributed by atoms with Crippen LogP contribution in [-0.2, 0) is 9.59 Å². The first-order valence-electron chi connectivity index (χ1n) is 4.72. The van der Waals surface area contributed by atoms with Crippen molar-refractivity contribution in [3.05, 3.63) is 0 Å². The van der Waals surface area contributed by atoms with E-state index in [4.69, 9.17) is 5.11 Å². The van der Waals surface area contributed by atoms with Gasteiger partial charge in [-0.1, -0.05) is 0 Å². The fourth-order valence-corrected chi connectivity index (χ4v) is 1.09. The maximum Gasteiger partial charge on any atom is 0.305 e. The van der Waals surface area contributed by atoms with Gasteiger partial charge in [0, 0.05) is 12.5 Å². The number of hydrogen-bond acceptors (Lipinski definition) is 3. The zero-order valence-electron chi connectivity index (χ0n) is 8.67. The summed E-state index contributed by atoms with van der Waals surface area (Å²) in [4.78, 5) is 21.5. The second kappa shape index (κ2) is 7.32. The van der Waals surface area contributed by atoms with Crippen LogP contribution in [0.1, 0.15) is 26.2 Å². The average molecular weight is 202 g/mol. The standard InChI is InChI=1S/C9H18N2O3/c1-7(6-9(13)14)11-8(12)4-3-5-10-2/h7,10H,3-6H2,1-2H3,(H,11,12)(H,13,14). The van der Waals surface area contributed by atoms with Crippen molar-refractivity contribution in [3.63, 3.8) is 0 Å². The van der Waals surface area contributed by atoms with Crippen LogP contribution in [0.25, 0.3) is 0 Å². The van der Waals surface area contributed by atoms with E-state index in [1.807, 2.05) is 7.05 Å². The van der Waals surface area contributed by atoms with E-state index in [-0.39, 0.29) is 18.4 Å². The van der Waals surface area contributed by atoms with Crippen molar-refractivity contribution >= 4 is 11.9 Å². The van der Waals surface area contributed by atoms with Gasteiger partial charge in [-0.2, -0.15) is 0 Å². The van der Waals surface area contributed by atoms with Gasteiger partial charge in [-0.15, -0.1) is 0 Å². The molecule has 0 aliphatic carbocycles. The molecule has 0 fully saturated rings. The molecule has 0 saturated heterocycles. The number of aliphatic carboxylic acids is 1. The first-order valence-corrected chi connectivity index (χ1v) is 4.72. The minimum atomic E-state index is -0.895. The molecule has 0 aromatic carbocycles. The van der Waals surface area contributed by atoms with E-state index in [1.165, 1.54) is 0 Å². The molecule has 0 aliphatic heterocycles. The molecule has 0 saturated carbocycles. The smallest absolute Gasteiger partial charge is 0.305 e. The zero-order valence-corrected chi connectivity index (χ0v) is 8.67. The second-order valence-electron chi connectivity index (χ2n) is 3.27. The molecule has 0 heterocycles. The van der Waals surface area contributed by atoms with Crippen molar-refractivity contribution in [1.82, 2.24) is 10.6 Å². The van der Waals surface area contributed by atoms with Crippen LogP contribution in [0.3, 0.4) is 0 Å². The van der Waals surface area contributed by atoms with Crippen LogP contribution in [0, 0.1) is 0 Å². The van der Waals surface area contributed by atoms with E-state index in [0.29, 0.717) is 6.42 Å². The fraction of sp³-hybridized carbons (Fsp3) is 0.778. The molecule has 1 amide bonds. The quantitative estimate of drug-likeness (QED) is 0.506. The van der Waals surface area contributed by atoms with Crippen molar-refractivity contribution in [2.24, 2.45) is 0 Å². The molecular weight excluding hydrogens is 184 g/mol. The molecule has 0 radical (unpaired) electrons. The summed E-state index contributed by atoms with van der Waals surface area (Å²) in [5.74, 6) is -0.984. The van der Waals surface area contributed by atoms with Gasteiger partial charge in [0.25, 0.3) is 0 Å². The highest BCUT2D eigenvalue weighted by molar-refractivity contribution is 5.77. The normalized spacial score (nSPS) is 12.1. The number of amides is 1. The van der Waals surface area contributed by atoms with Crippen LogP contribution in [-0.4, -0.2) is 36.6 Å². The van der Waals surface area contributed by atoms with E-state index < -0.39 is 5.97 Å². The van der Waals surface area contributed by atoms with Gasteiger partial charge in [-0.05, 0) is 26.9 Å². The minimum Gasteiger partial charge on any atom is -0.481 e. The van der Waals surface area contributed by atoms with Gasteiger partial charge < -0.3 is 15.7 Å². The Kier molecular flexibility index (Phi) is 6.74. The maximum atomic E-state index is 11.2. The van der Waals surface area contributed by atoms with Crippen LogP contribution in [0.15, 0.2) is 0 Å². The van der Waals surface area contributed by atoms with E-state index >= 15 is 0 Å². The van der Waals surface area contributed by atoms with Gasteiger partial charge in [0.05, 0.1) is 6.42 Å². The molecule has 82 valence electrons. The van der Waals surface area contributed by atoms with E-state index in [2.05, 4.69) is 10.6 Å². The third kappa shape index (κ3) is 7.54. The van der Waals surface area contributed by atoms with Gasteiger partial charge in [-0.3, -0.25) is 9.59 Å². The molecule has 0 bridgehead atoms. The lowest BCUT2D eigenvalue weighted by atomic mass is 10.2. The molecule has 14 heavy (non-hydrogen) atoms. The summed E-state index contributed by atoms with van der Waals surface area (Å²) in [5, 5.41) is 14.0. The number of nitrogens with one attached hydrogen (secondary N) is 2. The highest BCUT2D eigenvalue weighted by atomic mass is 16.4. The van der Waals surface area contributed by atoms with Crippen LogP contribution < -0.4 is 10.6 Å². The number of carboxylic acid groups (broad SMARTS) is 1. The van der Waals surface area contributed by atoms with Crippen molar-refractivity contribution in [2.45, 2.75) is 32.2 Å². The summed E-state index contributed by atoms with van der Waals surface area (Å²) in [6.45, 7) is 2.48. The van der Waals surface area contributed by atoms with E-state index in [0.717, 1.165) is 13.0 Å². The van der Waals surface area contributed by atoms with Gasteiger partial charge in [0.2, 0.25) is 5.91 Å². The summed E-state index contributed by atoms with van der Waals surface area (Å²) in [6.07, 6.45) is 1.17. The highest BCUT2D eigenvalue weighted by Gasteiger charge is 2.09. The Morgan fingerprint density at radius 3 is 2.57 bits per heavy atom. The lowest BCUT2D eigenvalue weighted by molar-refractivity contribution is -0.137. The molecule has 0 aliphatic rings. The third-order valence-electron chi connectivity index (χ3n) is 1.72. The predicted octanol–water partition coefficient (Wildman–Crippen LogP) is -0.0346. The van der Waals surface area contributed by atoms with Gasteiger partial charge in [0.1, 0.15) is 0 Å². The topological polar surface area (TPSA) is 78.4 Å². The first-order chi connectivity index (χ1) is 6.56. The molecule has 5 nitrogen and oxygen atoms in total. The number of hydrogen-bond donors (Lipinski definition) is 3. The second-order valence-corrected chi connectivity index (χ2v) is 3.27. The van der Waals surface area contributed by atoms with Gasteiger partial charge in [0.15, 0.2) is 0 Å². The SMILES string of the molecule is CNCCCC(=O)NC(C)CC(=O)O. The van der Waals surface area contributed by atoms with Crippen LogP contribution in [0.4, 0.5) is 0 Å². The Hall–Kier alpha value is -1.10. The lowest BCUT2D eigenvalue weighted by Gasteiger charge is -2.11. The first kappa shape index (κ1) is 12.9. The largest absolute Gasteiger partial charge is 0.481 e. The Balaban J connectivity index is 3.55. The number of carbonyl (C=O) groups excluding carboxylic acids is 1. The molecule has 1 unspecified atom stereocenters. The van der Waals surface area contributed by atoms with Crippen molar-refractivity contribution < 1.29 is 14.7 Å². The summed E-state index contributed by atoms with van der Waals surface area (Å²) in [5.41, 5.74) is 0. The zero-order chi connectivity index (χ0) is 11.0. The number of carbonyl (C=O) groups is 2. The summed E-state index contributed by atoms with van der Waals surface area (Å²) < 4.78 is 0. The van der Waals surface area contributed by atoms with Gasteiger partial charge in [-0.25, -0.2) is 0 Å². The molecule has 0 aromatic rings. The summed E-state index contributed by atoms with van der Waals surface area (Å²) >= 11 is 0. The van der Waals surface area contributed by atoms with Crippen LogP contribution >= 0.6 is 0 Å². The Bertz CT molecular complexity index is 194. The monoisotopic (exact) mass is 202 g/mol. The van der Waals surface area contributed by atoms with E-state index in [1.54, 1.807) is 6.92 Å². The lowest BCUT2D eigenvalue weighted by Crippen LogP contribution is -2.34. The predicted molar refractivity (Wildman–Crippen MR) is 53.0 cm³/mol. The minimum absolute atomic E-state index is 0.0300. The van der Waals surface area contributed by atoms with Crippen molar-refractivity contribution in [1.29, 1.82) is 0 Å². The fourth-order valence-electron chi connectivity index (χ4n) is 1.09. The molecule has 1 atom stereocenters. The van der Waals surface area contributed by atoms with Crippen molar-refractivity contribution in [3.8, 4) is 0 Å². The average Bonchev–Trinajstić information content (AvgIpc) is 2.02. The van der Waals surface area contributed by atoms with E-state index in [9.17, 15) is 9.59 Å². The van der Waals surface area contributed by atoms with Crippen LogP contribution in [0.5, 0.6) is 0 Å². The van der Waals surface area contributed by atoms with Crippen LogP contribution in [0.2, 0.25) is 0 Å². The maximum absolute atomic E-state index is 11.2. The summed E-state index contributed by atoms with van der Waals surface area (Å²) in [6, 6.07) is -0.297. The molecule has 0 spiro atoms. The number of rotatable bonds is 7. The third-order valence-corrected chi connectivity index (χ3v) is 1.72. The Labute approximate surface area is 83.9 Å². The highest BCUT2D eigenvalue weighted by Crippen LogP contribution is 1.93. The molecule has 0 rings (SSSR count). The van der Waals surface area contributed by atoms with Crippen molar-refractivity contribution in [2.75, 3.05) is 13.6 Å². The molecule has 5 heteroatoms. The molecule has 3 N–H and O–H groups in total. The summed E-state index contributed by atoms with van der Waals surface area (Å²) in [7, 11) is 1.82. The number of carboxylic acids is 1.